The smallest absolute Gasteiger partial charge is 0.293 e. The van der Waals surface area contributed by atoms with Crippen molar-refractivity contribution in [3.8, 4) is 0 Å². The molecule has 1 atom stereocenters. The van der Waals surface area contributed by atoms with E-state index in [1.165, 1.54) is 12.5 Å². The number of anilines is 1. The molecular formula is C15H21N3O3. The Morgan fingerprint density at radius 3 is 2.90 bits per heavy atom. The molecule has 1 unspecified atom stereocenters. The molecule has 0 radical (unpaired) electrons. The van der Waals surface area contributed by atoms with Crippen molar-refractivity contribution >= 4 is 17.7 Å². The van der Waals surface area contributed by atoms with Gasteiger partial charge in [0.15, 0.2) is 0 Å². The van der Waals surface area contributed by atoms with Crippen molar-refractivity contribution in [3.63, 3.8) is 0 Å². The number of aldehydes is 1. The van der Waals surface area contributed by atoms with E-state index in [4.69, 9.17) is 0 Å². The van der Waals surface area contributed by atoms with Crippen LogP contribution in [0.15, 0.2) is 18.2 Å². The molecule has 6 heteroatoms. The fraction of sp³-hybridized carbons (Fsp3) is 0.533. The Morgan fingerprint density at radius 2 is 2.29 bits per heavy atom. The zero-order valence-corrected chi connectivity index (χ0v) is 12.5. The molecule has 2 rings (SSSR count). The molecule has 1 aliphatic rings. The molecule has 0 aliphatic carbocycles. The highest BCUT2D eigenvalue weighted by Gasteiger charge is 2.26. The fourth-order valence-electron chi connectivity index (χ4n) is 3.02. The lowest BCUT2D eigenvalue weighted by Gasteiger charge is -2.28. The quantitative estimate of drug-likeness (QED) is 0.457. The minimum atomic E-state index is -0.426. The molecule has 0 spiro atoms. The van der Waals surface area contributed by atoms with Crippen LogP contribution in [0.1, 0.15) is 30.1 Å². The predicted molar refractivity (Wildman–Crippen MR) is 82.0 cm³/mol. The number of likely N-dealkylation sites (N-methyl/N-ethyl adjacent to an activating group) is 2. The van der Waals surface area contributed by atoms with Gasteiger partial charge in [-0.15, -0.1) is 0 Å². The van der Waals surface area contributed by atoms with Crippen LogP contribution in [0.4, 0.5) is 11.4 Å². The number of nitro benzene ring substituents is 1. The summed E-state index contributed by atoms with van der Waals surface area (Å²) in [6.45, 7) is 5.00. The van der Waals surface area contributed by atoms with Crippen LogP contribution in [-0.2, 0) is 0 Å². The van der Waals surface area contributed by atoms with E-state index in [-0.39, 0.29) is 5.69 Å². The molecule has 1 saturated heterocycles. The van der Waals surface area contributed by atoms with Crippen LogP contribution in [0, 0.1) is 10.1 Å². The van der Waals surface area contributed by atoms with Gasteiger partial charge in [-0.3, -0.25) is 19.8 Å². The topological polar surface area (TPSA) is 66.7 Å². The number of likely N-dealkylation sites (tertiary alicyclic amines) is 1. The molecular weight excluding hydrogens is 270 g/mol. The largest absolute Gasteiger partial charge is 0.367 e. The summed E-state index contributed by atoms with van der Waals surface area (Å²) < 4.78 is 0. The second-order valence-electron chi connectivity index (χ2n) is 5.43. The van der Waals surface area contributed by atoms with Crippen LogP contribution in [0.2, 0.25) is 0 Å². The minimum absolute atomic E-state index is 0.0110. The summed E-state index contributed by atoms with van der Waals surface area (Å²) in [5.74, 6) is 0. The number of hydrogen-bond donors (Lipinski definition) is 0. The van der Waals surface area contributed by atoms with E-state index in [0.717, 1.165) is 26.1 Å². The Labute approximate surface area is 124 Å². The number of carbonyl (C=O) groups is 1. The molecule has 6 nitrogen and oxygen atoms in total. The lowest BCUT2D eigenvalue weighted by Crippen LogP contribution is -2.38. The number of nitro groups is 1. The molecule has 1 heterocycles. The summed E-state index contributed by atoms with van der Waals surface area (Å²) in [4.78, 5) is 25.9. The van der Waals surface area contributed by atoms with Crippen molar-refractivity contribution in [2.75, 3.05) is 31.6 Å². The highest BCUT2D eigenvalue weighted by Crippen LogP contribution is 2.29. The molecule has 0 N–H and O–H groups in total. The van der Waals surface area contributed by atoms with Crippen LogP contribution in [0.25, 0.3) is 0 Å². The van der Waals surface area contributed by atoms with Gasteiger partial charge in [0.05, 0.1) is 4.92 Å². The van der Waals surface area contributed by atoms with Crippen molar-refractivity contribution in [3.05, 3.63) is 33.9 Å². The Kier molecular flexibility index (Phi) is 4.90. The second-order valence-corrected chi connectivity index (χ2v) is 5.43. The first kappa shape index (κ1) is 15.4. The van der Waals surface area contributed by atoms with Gasteiger partial charge in [0, 0.05) is 31.3 Å². The summed E-state index contributed by atoms with van der Waals surface area (Å²) in [5, 5.41) is 11.2. The number of nitrogens with zero attached hydrogens (tertiary/aromatic N) is 3. The van der Waals surface area contributed by atoms with Crippen molar-refractivity contribution in [1.29, 1.82) is 0 Å². The first-order valence-electron chi connectivity index (χ1n) is 7.25. The number of benzene rings is 1. The van der Waals surface area contributed by atoms with Crippen molar-refractivity contribution < 1.29 is 9.72 Å². The van der Waals surface area contributed by atoms with E-state index >= 15 is 0 Å². The maximum Gasteiger partial charge on any atom is 0.293 e. The van der Waals surface area contributed by atoms with Gasteiger partial charge in [-0.1, -0.05) is 6.92 Å². The van der Waals surface area contributed by atoms with Gasteiger partial charge in [-0.05, 0) is 38.1 Å². The number of hydrogen-bond acceptors (Lipinski definition) is 5. The molecule has 1 aromatic rings. The van der Waals surface area contributed by atoms with Crippen LogP contribution >= 0.6 is 0 Å². The van der Waals surface area contributed by atoms with E-state index in [1.54, 1.807) is 12.1 Å². The van der Waals surface area contributed by atoms with E-state index < -0.39 is 4.92 Å². The van der Waals surface area contributed by atoms with Crippen LogP contribution in [0.3, 0.4) is 0 Å². The monoisotopic (exact) mass is 291 g/mol. The number of rotatable bonds is 6. The maximum absolute atomic E-state index is 11.2. The van der Waals surface area contributed by atoms with E-state index in [9.17, 15) is 14.9 Å². The Bertz CT molecular complexity index is 533. The molecule has 0 bridgehead atoms. The van der Waals surface area contributed by atoms with Gasteiger partial charge in [-0.25, -0.2) is 0 Å². The van der Waals surface area contributed by atoms with Crippen LogP contribution in [-0.4, -0.2) is 48.8 Å². The second kappa shape index (κ2) is 6.67. The van der Waals surface area contributed by atoms with Crippen LogP contribution in [0.5, 0.6) is 0 Å². The van der Waals surface area contributed by atoms with Crippen molar-refractivity contribution in [2.24, 2.45) is 0 Å². The Balaban J connectivity index is 2.20. The SMILES string of the molecule is CCN1CCCC1CN(C)c1ccc(C=O)cc1[N+](=O)[O-]. The molecule has 0 aromatic heterocycles. The predicted octanol–water partition coefficient (Wildman–Crippen LogP) is 2.33. The molecule has 0 amide bonds. The first-order chi connectivity index (χ1) is 10.1. The summed E-state index contributed by atoms with van der Waals surface area (Å²) in [7, 11) is 1.87. The van der Waals surface area contributed by atoms with Gasteiger partial charge in [0.25, 0.3) is 5.69 Å². The highest BCUT2D eigenvalue weighted by atomic mass is 16.6. The minimum Gasteiger partial charge on any atom is -0.367 e. The third kappa shape index (κ3) is 3.39. The zero-order chi connectivity index (χ0) is 15.4. The lowest BCUT2D eigenvalue weighted by molar-refractivity contribution is -0.384. The Hall–Kier alpha value is -1.95. The molecule has 1 aliphatic heterocycles. The molecule has 1 aromatic carbocycles. The molecule has 114 valence electrons. The average Bonchev–Trinajstić information content (AvgIpc) is 2.93. The van der Waals surface area contributed by atoms with Gasteiger partial charge in [0.2, 0.25) is 0 Å². The van der Waals surface area contributed by atoms with Gasteiger partial charge >= 0.3 is 0 Å². The summed E-state index contributed by atoms with van der Waals surface area (Å²) in [6, 6.07) is 5.06. The third-order valence-corrected chi connectivity index (χ3v) is 4.13. The highest BCUT2D eigenvalue weighted by molar-refractivity contribution is 5.79. The Morgan fingerprint density at radius 1 is 1.52 bits per heavy atom. The number of carbonyl (C=O) groups excluding carboxylic acids is 1. The first-order valence-corrected chi connectivity index (χ1v) is 7.25. The molecule has 1 fully saturated rings. The van der Waals surface area contributed by atoms with Gasteiger partial charge < -0.3 is 4.90 Å². The summed E-state index contributed by atoms with van der Waals surface area (Å²) in [6.07, 6.45) is 2.93. The normalized spacial score (nSPS) is 18.7. The van der Waals surface area contributed by atoms with Gasteiger partial charge in [0.1, 0.15) is 12.0 Å². The standard InChI is InChI=1S/C15H21N3O3/c1-3-17-8-4-5-13(17)10-16(2)14-7-6-12(11-19)9-15(14)18(20)21/h6-7,9,11,13H,3-5,8,10H2,1-2H3. The van der Waals surface area contributed by atoms with E-state index in [1.807, 2.05) is 11.9 Å². The summed E-state index contributed by atoms with van der Waals surface area (Å²) >= 11 is 0. The lowest BCUT2D eigenvalue weighted by atomic mass is 10.1. The maximum atomic E-state index is 11.2. The summed E-state index contributed by atoms with van der Waals surface area (Å²) in [5.41, 5.74) is 0.881. The third-order valence-electron chi connectivity index (χ3n) is 4.13. The molecule has 21 heavy (non-hydrogen) atoms. The van der Waals surface area contributed by atoms with Gasteiger partial charge in [-0.2, -0.15) is 0 Å². The van der Waals surface area contributed by atoms with E-state index in [0.29, 0.717) is 23.6 Å². The van der Waals surface area contributed by atoms with Crippen molar-refractivity contribution in [2.45, 2.75) is 25.8 Å². The fourth-order valence-corrected chi connectivity index (χ4v) is 3.02. The van der Waals surface area contributed by atoms with E-state index in [2.05, 4.69) is 11.8 Å². The molecule has 0 saturated carbocycles. The van der Waals surface area contributed by atoms with Crippen LogP contribution < -0.4 is 4.90 Å². The zero-order valence-electron chi connectivity index (χ0n) is 12.5. The van der Waals surface area contributed by atoms with Crippen molar-refractivity contribution in [1.82, 2.24) is 4.90 Å². The average molecular weight is 291 g/mol.